The molecule has 1 N–H and O–H groups in total. The van der Waals surface area contributed by atoms with Gasteiger partial charge in [-0.1, -0.05) is 61.7 Å². The minimum absolute atomic E-state index is 0.501. The Hall–Kier alpha value is -1.64. The number of anilines is 1. The lowest BCUT2D eigenvalue weighted by Crippen LogP contribution is -2.08. The highest BCUT2D eigenvalue weighted by atomic mass is 35.5. The topological polar surface area (TPSA) is 42.7 Å². The van der Waals surface area contributed by atoms with Gasteiger partial charge in [-0.25, -0.2) is 9.67 Å². The highest BCUT2D eigenvalue weighted by Gasteiger charge is 2.13. The number of nitrogens with one attached hydrogen (secondary N) is 1. The molecule has 0 aliphatic carbocycles. The number of hydrogen-bond acceptors (Lipinski definition) is 3. The van der Waals surface area contributed by atoms with Crippen molar-refractivity contribution in [2.45, 2.75) is 45.7 Å². The van der Waals surface area contributed by atoms with Gasteiger partial charge < -0.3 is 5.32 Å². The Morgan fingerprint density at radius 3 is 2.79 bits per heavy atom. The van der Waals surface area contributed by atoms with E-state index in [0.29, 0.717) is 5.15 Å². The second-order valence-corrected chi connectivity index (χ2v) is 8.84. The van der Waals surface area contributed by atoms with E-state index in [-0.39, 0.29) is 0 Å². The minimum Gasteiger partial charge on any atom is -0.380 e. The lowest BCUT2D eigenvalue weighted by Gasteiger charge is -2.15. The van der Waals surface area contributed by atoms with Crippen LogP contribution in [0.5, 0.6) is 0 Å². The summed E-state index contributed by atoms with van der Waals surface area (Å²) in [6.45, 7) is 6.22. The van der Waals surface area contributed by atoms with Crippen molar-refractivity contribution in [1.82, 2.24) is 14.8 Å². The first-order valence-corrected chi connectivity index (χ1v) is 12.2. The molecule has 0 spiro atoms. The monoisotopic (exact) mass is 416 g/mol. The summed E-state index contributed by atoms with van der Waals surface area (Å²) in [4.78, 5) is 4.56. The van der Waals surface area contributed by atoms with Crippen molar-refractivity contribution in [2.24, 2.45) is 5.92 Å². The number of fused-ring (bicyclic) bond motifs is 1. The molecular formula is C22H30ClN4P. The van der Waals surface area contributed by atoms with Gasteiger partial charge in [0, 0.05) is 13.1 Å². The van der Waals surface area contributed by atoms with Crippen LogP contribution in [0.4, 0.5) is 5.69 Å². The zero-order valence-electron chi connectivity index (χ0n) is 16.8. The van der Waals surface area contributed by atoms with Crippen molar-refractivity contribution in [3.63, 3.8) is 0 Å². The molecule has 0 saturated carbocycles. The Bertz CT molecular complexity index is 866. The molecule has 0 saturated heterocycles. The van der Waals surface area contributed by atoms with E-state index >= 15 is 0 Å². The van der Waals surface area contributed by atoms with Crippen molar-refractivity contribution < 1.29 is 0 Å². The van der Waals surface area contributed by atoms with Gasteiger partial charge in [0.05, 0.1) is 17.3 Å². The van der Waals surface area contributed by atoms with Crippen molar-refractivity contribution in [2.75, 3.05) is 18.1 Å². The van der Waals surface area contributed by atoms with E-state index in [0.717, 1.165) is 50.7 Å². The standard InChI is InChI=1S/C22H30ClN4P/c1-3-17(10-7-13-28-2)11-12-27-22-19(16-25-27)20(14-21(23)26-22)24-15-18-8-5-4-6-9-18/h4-6,8-9,14,16-17,28H,3,7,10-13,15H2,1-2H3,(H,24,26). The largest absolute Gasteiger partial charge is 0.380 e. The summed E-state index contributed by atoms with van der Waals surface area (Å²) >= 11 is 6.32. The average molecular weight is 417 g/mol. The van der Waals surface area contributed by atoms with Gasteiger partial charge in [0.25, 0.3) is 0 Å². The average Bonchev–Trinajstić information content (AvgIpc) is 3.12. The molecule has 4 nitrogen and oxygen atoms in total. The first kappa shape index (κ1) is 21.1. The van der Waals surface area contributed by atoms with Gasteiger partial charge in [0.15, 0.2) is 5.65 Å². The van der Waals surface area contributed by atoms with E-state index in [9.17, 15) is 0 Å². The van der Waals surface area contributed by atoms with Crippen LogP contribution >= 0.6 is 20.2 Å². The fourth-order valence-corrected chi connectivity index (χ4v) is 4.29. The summed E-state index contributed by atoms with van der Waals surface area (Å²) in [5, 5.41) is 9.63. The molecule has 28 heavy (non-hydrogen) atoms. The molecule has 0 aliphatic heterocycles. The SMILES string of the molecule is CCC(CCCPC)CCn1ncc2c(NCc3ccccc3)cc(Cl)nc21. The Morgan fingerprint density at radius 1 is 1.21 bits per heavy atom. The van der Waals surface area contributed by atoms with Gasteiger partial charge in [0.1, 0.15) is 5.15 Å². The van der Waals surface area contributed by atoms with Crippen LogP contribution in [0.25, 0.3) is 11.0 Å². The fraction of sp³-hybridized carbons (Fsp3) is 0.455. The molecule has 0 radical (unpaired) electrons. The van der Waals surface area contributed by atoms with E-state index in [1.54, 1.807) is 0 Å². The van der Waals surface area contributed by atoms with Crippen molar-refractivity contribution in [3.8, 4) is 0 Å². The van der Waals surface area contributed by atoms with Crippen LogP contribution in [0, 0.1) is 5.92 Å². The Balaban J connectivity index is 1.70. The molecule has 0 fully saturated rings. The smallest absolute Gasteiger partial charge is 0.161 e. The molecule has 150 valence electrons. The third-order valence-electron chi connectivity index (χ3n) is 5.27. The first-order chi connectivity index (χ1) is 13.7. The number of pyridine rings is 1. The van der Waals surface area contributed by atoms with Crippen LogP contribution in [0.15, 0.2) is 42.6 Å². The maximum Gasteiger partial charge on any atom is 0.161 e. The third kappa shape index (κ3) is 5.68. The van der Waals surface area contributed by atoms with E-state index in [1.165, 1.54) is 31.0 Å². The van der Waals surface area contributed by atoms with E-state index < -0.39 is 0 Å². The number of aryl methyl sites for hydroxylation is 1. The summed E-state index contributed by atoms with van der Waals surface area (Å²) in [5.41, 5.74) is 3.09. The Morgan fingerprint density at radius 2 is 2.04 bits per heavy atom. The Labute approximate surface area is 174 Å². The molecule has 3 rings (SSSR count). The molecule has 0 aliphatic rings. The van der Waals surface area contributed by atoms with Gasteiger partial charge in [0.2, 0.25) is 0 Å². The quantitative estimate of drug-likeness (QED) is 0.230. The number of rotatable bonds is 11. The van der Waals surface area contributed by atoms with Gasteiger partial charge in [-0.05, 0) is 43.2 Å². The summed E-state index contributed by atoms with van der Waals surface area (Å²) in [7, 11) is 1.06. The van der Waals surface area contributed by atoms with Crippen LogP contribution in [-0.2, 0) is 13.1 Å². The zero-order chi connectivity index (χ0) is 19.8. The summed E-state index contributed by atoms with van der Waals surface area (Å²) < 4.78 is 2.01. The van der Waals surface area contributed by atoms with Crippen molar-refractivity contribution >= 4 is 36.9 Å². The maximum absolute atomic E-state index is 6.32. The molecule has 0 bridgehead atoms. The normalized spacial score (nSPS) is 12.8. The number of benzene rings is 1. The number of halogens is 1. The van der Waals surface area contributed by atoms with Crippen molar-refractivity contribution in [1.29, 1.82) is 0 Å². The second kappa shape index (κ2) is 10.8. The van der Waals surface area contributed by atoms with Crippen molar-refractivity contribution in [3.05, 3.63) is 53.3 Å². The van der Waals surface area contributed by atoms with Crippen LogP contribution in [-0.4, -0.2) is 27.6 Å². The highest BCUT2D eigenvalue weighted by Crippen LogP contribution is 2.27. The molecule has 1 aromatic carbocycles. The lowest BCUT2D eigenvalue weighted by atomic mass is 9.97. The molecular weight excluding hydrogens is 387 g/mol. The fourth-order valence-electron chi connectivity index (χ4n) is 3.55. The predicted octanol–water partition coefficient (Wildman–Crippen LogP) is 6.20. The van der Waals surface area contributed by atoms with E-state index in [4.69, 9.17) is 11.6 Å². The minimum atomic E-state index is 0.501. The summed E-state index contributed by atoms with van der Waals surface area (Å²) in [6.07, 6.45) is 8.28. The van der Waals surface area contributed by atoms with Gasteiger partial charge >= 0.3 is 0 Å². The summed E-state index contributed by atoms with van der Waals surface area (Å²) in [6, 6.07) is 12.2. The summed E-state index contributed by atoms with van der Waals surface area (Å²) in [5.74, 6) is 0.755. The van der Waals surface area contributed by atoms with Gasteiger partial charge in [-0.3, -0.25) is 0 Å². The molecule has 0 amide bonds. The molecule has 3 aromatic rings. The van der Waals surface area contributed by atoms with Crippen LogP contribution in [0.1, 0.15) is 38.2 Å². The maximum atomic E-state index is 6.32. The third-order valence-corrected chi connectivity index (χ3v) is 6.32. The van der Waals surface area contributed by atoms with Crippen LogP contribution < -0.4 is 5.32 Å². The Kier molecular flexibility index (Phi) is 8.12. The molecule has 6 heteroatoms. The van der Waals surface area contributed by atoms with Crippen LogP contribution in [0.3, 0.4) is 0 Å². The first-order valence-electron chi connectivity index (χ1n) is 10.2. The zero-order valence-corrected chi connectivity index (χ0v) is 18.5. The molecule has 2 atom stereocenters. The van der Waals surface area contributed by atoms with Gasteiger partial charge in [-0.2, -0.15) is 5.10 Å². The number of aromatic nitrogens is 3. The van der Waals surface area contributed by atoms with E-state index in [2.05, 4.69) is 53.3 Å². The van der Waals surface area contributed by atoms with Gasteiger partial charge in [-0.15, -0.1) is 8.58 Å². The molecule has 2 aromatic heterocycles. The molecule has 2 heterocycles. The van der Waals surface area contributed by atoms with Crippen LogP contribution in [0.2, 0.25) is 5.15 Å². The number of nitrogens with zero attached hydrogens (tertiary/aromatic N) is 3. The second-order valence-electron chi connectivity index (χ2n) is 7.25. The lowest BCUT2D eigenvalue weighted by molar-refractivity contribution is 0.396. The number of hydrogen-bond donors (Lipinski definition) is 1. The molecule has 2 unspecified atom stereocenters. The highest BCUT2D eigenvalue weighted by molar-refractivity contribution is 7.36. The van der Waals surface area contributed by atoms with E-state index in [1.807, 2.05) is 23.0 Å². The predicted molar refractivity (Wildman–Crippen MR) is 123 cm³/mol.